The molecule has 3 rings (SSSR count). The van der Waals surface area contributed by atoms with Crippen molar-refractivity contribution in [1.82, 2.24) is 0 Å². The lowest BCUT2D eigenvalue weighted by atomic mass is 9.54. The molecule has 3 aliphatic carbocycles. The molecule has 7 atom stereocenters. The summed E-state index contributed by atoms with van der Waals surface area (Å²) in [5.74, 6) is 3.32. The summed E-state index contributed by atoms with van der Waals surface area (Å²) in [5, 5.41) is 0. The van der Waals surface area contributed by atoms with Gasteiger partial charge >= 0.3 is 11.9 Å². The van der Waals surface area contributed by atoms with Crippen molar-refractivity contribution in [2.24, 2.45) is 74.9 Å². The van der Waals surface area contributed by atoms with Crippen molar-refractivity contribution >= 4 is 11.9 Å². The molecule has 0 aromatic rings. The Labute approximate surface area is 343 Å². The van der Waals surface area contributed by atoms with Gasteiger partial charge in [0.1, 0.15) is 0 Å². The fourth-order valence-corrected chi connectivity index (χ4v) is 12.1. The van der Waals surface area contributed by atoms with Crippen LogP contribution in [0.5, 0.6) is 0 Å². The maximum absolute atomic E-state index is 13.8. The van der Waals surface area contributed by atoms with Crippen LogP contribution in [0.25, 0.3) is 0 Å². The fourth-order valence-electron chi connectivity index (χ4n) is 12.1. The van der Waals surface area contributed by atoms with Crippen LogP contribution < -0.4 is 0 Å². The molecule has 0 N–H and O–H groups in total. The highest BCUT2D eigenvalue weighted by atomic mass is 16.5. The highest BCUT2D eigenvalue weighted by molar-refractivity contribution is 5.82. The normalized spacial score (nSPS) is 31.6. The van der Waals surface area contributed by atoms with Crippen molar-refractivity contribution in [1.29, 1.82) is 0 Å². The largest absolute Gasteiger partial charge is 0.465 e. The molecule has 0 heterocycles. The van der Waals surface area contributed by atoms with E-state index in [-0.39, 0.29) is 34.6 Å². The van der Waals surface area contributed by atoms with Gasteiger partial charge < -0.3 is 9.47 Å². The summed E-state index contributed by atoms with van der Waals surface area (Å²) in [5.41, 5.74) is 1.23. The highest BCUT2D eigenvalue weighted by Gasteiger charge is 2.47. The van der Waals surface area contributed by atoms with Crippen molar-refractivity contribution in [2.45, 2.75) is 225 Å². The second-order valence-electron chi connectivity index (χ2n) is 22.9. The third-order valence-corrected chi connectivity index (χ3v) is 16.1. The topological polar surface area (TPSA) is 52.6 Å². The maximum atomic E-state index is 13.8. The zero-order chi connectivity index (χ0) is 41.0. The predicted molar refractivity (Wildman–Crippen MR) is 234 cm³/mol. The van der Waals surface area contributed by atoms with Gasteiger partial charge in [0.15, 0.2) is 0 Å². The molecule has 7 unspecified atom stereocenters. The summed E-state index contributed by atoms with van der Waals surface area (Å²) in [7, 11) is 0. The highest BCUT2D eigenvalue weighted by Crippen LogP contribution is 2.56. The molecule has 322 valence electrons. The molecule has 3 saturated carbocycles. The zero-order valence-electron chi connectivity index (χ0n) is 39.1. The number of unbranched alkanes of at least 4 members (excludes halogenated alkanes) is 2. The number of carbonyl (C=O) groups excluding carboxylic acids is 2. The van der Waals surface area contributed by atoms with E-state index in [0.29, 0.717) is 41.8 Å². The molecule has 0 aromatic heterocycles. The fraction of sp³-hybridized carbons (Fsp3) is 0.961. The van der Waals surface area contributed by atoms with Crippen molar-refractivity contribution in [3.63, 3.8) is 0 Å². The molecule has 0 bridgehead atoms. The summed E-state index contributed by atoms with van der Waals surface area (Å²) in [6.07, 6.45) is 25.1. The minimum absolute atomic E-state index is 0.151. The standard InChI is InChI=1S/C51H94O4/c1-14-16-18-37(3)30-40(6)33-50(48(8,9)10)26-22-42(23-27-50)35-54-46(52)44-21-20-39(5)32-45(44)47(53)55-36-43-24-28-51(29-25-43,49(11,12)13)34-41(7)31-38(4)19-17-15-2/h37-45H,14-36H2,1-13H3. The lowest BCUT2D eigenvalue weighted by Gasteiger charge is -2.51. The van der Waals surface area contributed by atoms with Gasteiger partial charge in [-0.25, -0.2) is 0 Å². The van der Waals surface area contributed by atoms with E-state index >= 15 is 0 Å². The Balaban J connectivity index is 1.51. The number of esters is 2. The summed E-state index contributed by atoms with van der Waals surface area (Å²) in [4.78, 5) is 27.5. The Morgan fingerprint density at radius 2 is 0.964 bits per heavy atom. The van der Waals surface area contributed by atoms with E-state index in [1.807, 2.05) is 0 Å². The lowest BCUT2D eigenvalue weighted by molar-refractivity contribution is -0.166. The van der Waals surface area contributed by atoms with Crippen LogP contribution in [-0.2, 0) is 19.1 Å². The van der Waals surface area contributed by atoms with Gasteiger partial charge in [-0.1, -0.05) is 129 Å². The van der Waals surface area contributed by atoms with Crippen molar-refractivity contribution in [3.8, 4) is 0 Å². The Morgan fingerprint density at radius 3 is 1.33 bits per heavy atom. The Kier molecular flexibility index (Phi) is 19.1. The van der Waals surface area contributed by atoms with Crippen molar-refractivity contribution in [2.75, 3.05) is 13.2 Å². The number of ether oxygens (including phenoxy) is 2. The summed E-state index contributed by atoms with van der Waals surface area (Å²) in [6, 6.07) is 0. The van der Waals surface area contributed by atoms with Crippen molar-refractivity contribution < 1.29 is 19.1 Å². The summed E-state index contributed by atoms with van der Waals surface area (Å²) < 4.78 is 12.3. The van der Waals surface area contributed by atoms with E-state index in [0.717, 1.165) is 68.6 Å². The van der Waals surface area contributed by atoms with Gasteiger partial charge in [0.2, 0.25) is 0 Å². The number of rotatable bonds is 20. The molecule has 4 nitrogen and oxygen atoms in total. The molecule has 0 spiro atoms. The SMILES string of the molecule is CCCCC(C)CC(C)CC1(C(C)(C)C)CCC(COC(=O)C2CCC(C)CC2C(=O)OCC2CCC(CC(C)CC(C)CCCC)(C(C)(C)C)CC2)CC1. The van der Waals surface area contributed by atoms with Crippen LogP contribution in [0.2, 0.25) is 0 Å². The average molecular weight is 771 g/mol. The second-order valence-corrected chi connectivity index (χ2v) is 22.9. The maximum Gasteiger partial charge on any atom is 0.309 e. The van der Waals surface area contributed by atoms with E-state index in [2.05, 4.69) is 90.0 Å². The lowest BCUT2D eigenvalue weighted by Crippen LogP contribution is -2.42. The third kappa shape index (κ3) is 14.3. The summed E-state index contributed by atoms with van der Waals surface area (Å²) >= 11 is 0. The Hall–Kier alpha value is -1.06. The second kappa shape index (κ2) is 21.8. The minimum atomic E-state index is -0.370. The van der Waals surface area contributed by atoms with E-state index in [4.69, 9.17) is 9.47 Å². The minimum Gasteiger partial charge on any atom is -0.465 e. The molecule has 0 amide bonds. The quantitative estimate of drug-likeness (QED) is 0.116. The molecule has 4 heteroatoms. The van der Waals surface area contributed by atoms with Crippen LogP contribution >= 0.6 is 0 Å². The van der Waals surface area contributed by atoms with E-state index in [1.165, 1.54) is 89.9 Å². The molecule has 0 aliphatic heterocycles. The first-order valence-corrected chi connectivity index (χ1v) is 24.1. The van der Waals surface area contributed by atoms with Crippen LogP contribution in [-0.4, -0.2) is 25.2 Å². The van der Waals surface area contributed by atoms with E-state index in [9.17, 15) is 9.59 Å². The smallest absolute Gasteiger partial charge is 0.309 e. The number of hydrogen-bond acceptors (Lipinski definition) is 4. The van der Waals surface area contributed by atoms with Gasteiger partial charge in [-0.15, -0.1) is 0 Å². The van der Waals surface area contributed by atoms with Crippen LogP contribution in [0.3, 0.4) is 0 Å². The average Bonchev–Trinajstić information content (AvgIpc) is 3.11. The first-order valence-electron chi connectivity index (χ1n) is 24.1. The van der Waals surface area contributed by atoms with E-state index < -0.39 is 0 Å². The molecule has 3 aliphatic rings. The first kappa shape index (κ1) is 48.3. The summed E-state index contributed by atoms with van der Waals surface area (Å²) in [6.45, 7) is 32.4. The van der Waals surface area contributed by atoms with Gasteiger partial charge in [-0.3, -0.25) is 9.59 Å². The predicted octanol–water partition coefficient (Wildman–Crippen LogP) is 15.1. The van der Waals surface area contributed by atoms with E-state index in [1.54, 1.807) is 0 Å². The van der Waals surface area contributed by atoms with Gasteiger partial charge in [-0.2, -0.15) is 0 Å². The van der Waals surface area contributed by atoms with Gasteiger partial charge in [0, 0.05) is 0 Å². The zero-order valence-corrected chi connectivity index (χ0v) is 39.1. The monoisotopic (exact) mass is 771 g/mol. The van der Waals surface area contributed by atoms with Gasteiger partial charge in [0.05, 0.1) is 25.0 Å². The molecule has 0 aromatic carbocycles. The molecule has 0 saturated heterocycles. The van der Waals surface area contributed by atoms with Gasteiger partial charge in [-0.05, 0) is 159 Å². The Morgan fingerprint density at radius 1 is 0.582 bits per heavy atom. The number of carbonyl (C=O) groups is 2. The molecule has 55 heavy (non-hydrogen) atoms. The van der Waals surface area contributed by atoms with Gasteiger partial charge in [0.25, 0.3) is 0 Å². The van der Waals surface area contributed by atoms with Crippen molar-refractivity contribution in [3.05, 3.63) is 0 Å². The Bertz CT molecular complexity index is 1110. The number of hydrogen-bond donors (Lipinski definition) is 0. The van der Waals surface area contributed by atoms with Crippen LogP contribution in [0.1, 0.15) is 225 Å². The van der Waals surface area contributed by atoms with Crippen LogP contribution in [0, 0.1) is 74.9 Å². The molecular weight excluding hydrogens is 677 g/mol. The molecule has 3 fully saturated rings. The third-order valence-electron chi connectivity index (χ3n) is 16.1. The molecular formula is C51H94O4. The first-order chi connectivity index (χ1) is 25.7. The van der Waals surface area contributed by atoms with Crippen LogP contribution in [0.4, 0.5) is 0 Å². The van der Waals surface area contributed by atoms with Crippen LogP contribution in [0.15, 0.2) is 0 Å². The molecule has 0 radical (unpaired) electrons.